The van der Waals surface area contributed by atoms with E-state index in [1.165, 1.54) is 12.1 Å². The Kier molecular flexibility index (Phi) is 5.81. The average molecular weight is 459 g/mol. The maximum atomic E-state index is 12.8. The van der Waals surface area contributed by atoms with E-state index in [-0.39, 0.29) is 35.3 Å². The van der Waals surface area contributed by atoms with Gasteiger partial charge in [-0.05, 0) is 42.7 Å². The second kappa shape index (κ2) is 8.06. The monoisotopic (exact) mass is 459 g/mol. The molecule has 1 aromatic carbocycles. The highest BCUT2D eigenvalue weighted by Crippen LogP contribution is 2.41. The fourth-order valence-electron chi connectivity index (χ4n) is 3.23. The Morgan fingerprint density at radius 3 is 2.55 bits per heavy atom. The third-order valence-electron chi connectivity index (χ3n) is 4.50. The van der Waals surface area contributed by atoms with Crippen molar-refractivity contribution < 1.29 is 45.2 Å². The predicted molar refractivity (Wildman–Crippen MR) is 97.7 cm³/mol. The van der Waals surface area contributed by atoms with Crippen LogP contribution in [0.1, 0.15) is 22.3 Å². The van der Waals surface area contributed by atoms with Crippen molar-refractivity contribution in [2.24, 2.45) is 0 Å². The van der Waals surface area contributed by atoms with E-state index in [4.69, 9.17) is 4.74 Å². The van der Waals surface area contributed by atoms with Crippen LogP contribution in [-0.4, -0.2) is 44.6 Å². The summed E-state index contributed by atoms with van der Waals surface area (Å²) in [6.45, 7) is 0.0976. The maximum Gasteiger partial charge on any atom is 0.534 e. The molecular formula is C18H14F3N2O7S-. The number of nitrogens with zero attached hydrogens (tertiary/aromatic N) is 2. The van der Waals surface area contributed by atoms with Gasteiger partial charge in [0.2, 0.25) is 0 Å². The van der Waals surface area contributed by atoms with E-state index in [0.717, 1.165) is 30.3 Å². The van der Waals surface area contributed by atoms with Gasteiger partial charge in [-0.15, -0.1) is 0 Å². The van der Waals surface area contributed by atoms with Gasteiger partial charge in [-0.25, -0.2) is 4.79 Å². The smallest absolute Gasteiger partial charge is 0.530 e. The van der Waals surface area contributed by atoms with Gasteiger partial charge >= 0.3 is 21.6 Å². The standard InChI is InChI=1S/C18H15F3N2O7S/c1-29-16(24)11-6-7-12-10(4-3-9-23(12)17(25)26)14(11)15-13(5-2-8-22-15)30-31(27,28)18(19,20)21/h2,5-8H,3-4,9H2,1H3,(H,25,26)/p-1. The quantitative estimate of drug-likeness (QED) is 0.385. The lowest BCUT2D eigenvalue weighted by Crippen LogP contribution is -2.44. The first-order valence-electron chi connectivity index (χ1n) is 8.66. The lowest BCUT2D eigenvalue weighted by Gasteiger charge is -2.33. The SMILES string of the molecule is COC(=O)c1ccc2c(c1-c1ncccc1OS(=O)(=O)C(F)(F)F)CCCN2C(=O)[O-]. The second-order valence-corrected chi connectivity index (χ2v) is 7.87. The van der Waals surface area contributed by atoms with Crippen LogP contribution in [0.2, 0.25) is 0 Å². The van der Waals surface area contributed by atoms with Gasteiger partial charge in [-0.1, -0.05) is 0 Å². The van der Waals surface area contributed by atoms with Crippen molar-refractivity contribution in [1.82, 2.24) is 4.98 Å². The average Bonchev–Trinajstić information content (AvgIpc) is 2.71. The van der Waals surface area contributed by atoms with Crippen molar-refractivity contribution in [1.29, 1.82) is 0 Å². The Hall–Kier alpha value is -3.35. The van der Waals surface area contributed by atoms with Crippen LogP contribution in [0.15, 0.2) is 30.5 Å². The van der Waals surface area contributed by atoms with E-state index < -0.39 is 39.1 Å². The molecule has 1 amide bonds. The van der Waals surface area contributed by atoms with Crippen molar-refractivity contribution >= 4 is 27.9 Å². The van der Waals surface area contributed by atoms with Crippen molar-refractivity contribution in [3.63, 3.8) is 0 Å². The molecule has 0 N–H and O–H groups in total. The maximum absolute atomic E-state index is 12.8. The largest absolute Gasteiger partial charge is 0.534 e. The molecule has 1 aliphatic rings. The number of amides is 1. The molecule has 2 aromatic rings. The van der Waals surface area contributed by atoms with Crippen molar-refractivity contribution in [3.8, 4) is 17.0 Å². The number of carbonyl (C=O) groups is 2. The molecule has 0 atom stereocenters. The summed E-state index contributed by atoms with van der Waals surface area (Å²) in [4.78, 5) is 28.6. The topological polar surface area (TPSA) is 126 Å². The zero-order chi connectivity index (χ0) is 23.0. The second-order valence-electron chi connectivity index (χ2n) is 6.33. The van der Waals surface area contributed by atoms with Crippen LogP contribution in [0.3, 0.4) is 0 Å². The molecule has 9 nitrogen and oxygen atoms in total. The van der Waals surface area contributed by atoms with Gasteiger partial charge in [-0.3, -0.25) is 4.98 Å². The highest BCUT2D eigenvalue weighted by Gasteiger charge is 2.49. The summed E-state index contributed by atoms with van der Waals surface area (Å²) in [5.41, 5.74) is -5.98. The minimum absolute atomic E-state index is 0.0942. The van der Waals surface area contributed by atoms with Crippen LogP contribution in [-0.2, 0) is 21.3 Å². The normalized spacial score (nSPS) is 14.0. The van der Waals surface area contributed by atoms with E-state index >= 15 is 0 Å². The summed E-state index contributed by atoms with van der Waals surface area (Å²) in [6, 6.07) is 4.62. The summed E-state index contributed by atoms with van der Waals surface area (Å²) in [7, 11) is -4.96. The molecule has 0 saturated carbocycles. The summed E-state index contributed by atoms with van der Waals surface area (Å²) >= 11 is 0. The molecule has 0 unspecified atom stereocenters. The van der Waals surface area contributed by atoms with Crippen LogP contribution in [0.25, 0.3) is 11.3 Å². The summed E-state index contributed by atoms with van der Waals surface area (Å²) < 4.78 is 70.6. The molecule has 0 saturated heterocycles. The first-order valence-corrected chi connectivity index (χ1v) is 10.1. The zero-order valence-electron chi connectivity index (χ0n) is 15.8. The van der Waals surface area contributed by atoms with Gasteiger partial charge in [0.05, 0.1) is 12.7 Å². The van der Waals surface area contributed by atoms with Gasteiger partial charge in [-0.2, -0.15) is 21.6 Å². The molecule has 0 bridgehead atoms. The fraction of sp³-hybridized carbons (Fsp3) is 0.278. The van der Waals surface area contributed by atoms with E-state index in [1.807, 2.05) is 0 Å². The summed E-state index contributed by atoms with van der Waals surface area (Å²) in [5.74, 6) is -1.68. The van der Waals surface area contributed by atoms with Crippen LogP contribution in [0.5, 0.6) is 5.75 Å². The van der Waals surface area contributed by atoms with Crippen molar-refractivity contribution in [2.45, 2.75) is 18.3 Å². The number of hydrogen-bond donors (Lipinski definition) is 0. The number of aromatic nitrogens is 1. The molecule has 3 rings (SSSR count). The molecule has 31 heavy (non-hydrogen) atoms. The summed E-state index contributed by atoms with van der Waals surface area (Å²) in [5, 5.41) is 11.5. The molecule has 2 heterocycles. The third kappa shape index (κ3) is 4.13. The first-order chi connectivity index (χ1) is 14.5. The number of hydrogen-bond acceptors (Lipinski definition) is 8. The number of halogens is 3. The number of anilines is 1. The first kappa shape index (κ1) is 22.3. The highest BCUT2D eigenvalue weighted by molar-refractivity contribution is 7.88. The van der Waals surface area contributed by atoms with Gasteiger partial charge < -0.3 is 23.7 Å². The Labute approximate surface area is 174 Å². The molecule has 166 valence electrons. The van der Waals surface area contributed by atoms with Gasteiger partial charge in [0.1, 0.15) is 11.8 Å². The van der Waals surface area contributed by atoms with Crippen LogP contribution >= 0.6 is 0 Å². The Morgan fingerprint density at radius 1 is 1.23 bits per heavy atom. The number of methoxy groups -OCH3 is 1. The summed E-state index contributed by atoms with van der Waals surface area (Å²) in [6.07, 6.45) is 0.168. The molecular weight excluding hydrogens is 445 g/mol. The third-order valence-corrected chi connectivity index (χ3v) is 5.47. The van der Waals surface area contributed by atoms with Crippen LogP contribution in [0, 0.1) is 0 Å². The Bertz CT molecular complexity index is 1150. The number of rotatable bonds is 4. The minimum atomic E-state index is -6.04. The number of carboxylic acid groups (broad SMARTS) is 1. The molecule has 0 fully saturated rings. The number of alkyl halides is 3. The number of ether oxygens (including phenoxy) is 1. The molecule has 0 aliphatic carbocycles. The number of pyridine rings is 1. The Morgan fingerprint density at radius 2 is 1.94 bits per heavy atom. The predicted octanol–water partition coefficient (Wildman–Crippen LogP) is 1.86. The van der Waals surface area contributed by atoms with Crippen molar-refractivity contribution in [2.75, 3.05) is 18.6 Å². The van der Waals surface area contributed by atoms with E-state index in [0.29, 0.717) is 6.42 Å². The van der Waals surface area contributed by atoms with Gasteiger partial charge in [0.25, 0.3) is 0 Å². The number of carbonyl (C=O) groups excluding carboxylic acids is 2. The molecule has 0 radical (unpaired) electrons. The number of esters is 1. The van der Waals surface area contributed by atoms with Gasteiger partial charge in [0, 0.05) is 24.0 Å². The lowest BCUT2D eigenvalue weighted by atomic mass is 9.90. The van der Waals surface area contributed by atoms with Crippen molar-refractivity contribution in [3.05, 3.63) is 41.6 Å². The fourth-order valence-corrected chi connectivity index (χ4v) is 3.69. The number of benzene rings is 1. The molecule has 1 aliphatic heterocycles. The zero-order valence-corrected chi connectivity index (χ0v) is 16.6. The van der Waals surface area contributed by atoms with Crippen LogP contribution in [0.4, 0.5) is 23.7 Å². The minimum Gasteiger partial charge on any atom is -0.530 e. The highest BCUT2D eigenvalue weighted by atomic mass is 32.2. The molecule has 0 spiro atoms. The van der Waals surface area contributed by atoms with Gasteiger partial charge in [0.15, 0.2) is 5.75 Å². The number of fused-ring (bicyclic) bond motifs is 1. The van der Waals surface area contributed by atoms with E-state index in [2.05, 4.69) is 9.17 Å². The Balaban J connectivity index is 2.29. The van der Waals surface area contributed by atoms with E-state index in [9.17, 15) is 36.3 Å². The van der Waals surface area contributed by atoms with Crippen LogP contribution < -0.4 is 14.2 Å². The lowest BCUT2D eigenvalue weighted by molar-refractivity contribution is -0.246. The molecule has 13 heteroatoms. The molecule has 1 aromatic heterocycles. The van der Waals surface area contributed by atoms with E-state index in [1.54, 1.807) is 0 Å².